The minimum Gasteiger partial charge on any atom is -0.493 e. The third-order valence-electron chi connectivity index (χ3n) is 5.91. The SMILES string of the molecule is COc1ccc(CCNC(N)=NCC2(N3CCCC3)CCOCC2)cc1OC. The zero-order chi connectivity index (χ0) is 19.8. The van der Waals surface area contributed by atoms with E-state index in [9.17, 15) is 0 Å². The van der Waals surface area contributed by atoms with Crippen molar-refractivity contribution in [3.8, 4) is 11.5 Å². The lowest BCUT2D eigenvalue weighted by molar-refractivity contribution is -0.0138. The number of ether oxygens (including phenoxy) is 3. The van der Waals surface area contributed by atoms with E-state index in [2.05, 4.69) is 10.2 Å². The molecule has 3 N–H and O–H groups in total. The summed E-state index contributed by atoms with van der Waals surface area (Å²) in [5, 5.41) is 3.25. The number of hydrogen-bond donors (Lipinski definition) is 2. The first kappa shape index (κ1) is 20.7. The zero-order valence-electron chi connectivity index (χ0n) is 17.2. The third-order valence-corrected chi connectivity index (χ3v) is 5.91. The van der Waals surface area contributed by atoms with Crippen LogP contribution in [0.4, 0.5) is 0 Å². The number of guanidine groups is 1. The smallest absolute Gasteiger partial charge is 0.188 e. The highest BCUT2D eigenvalue weighted by atomic mass is 16.5. The van der Waals surface area contributed by atoms with Crippen molar-refractivity contribution in [1.82, 2.24) is 10.2 Å². The van der Waals surface area contributed by atoms with Crippen LogP contribution in [0.25, 0.3) is 0 Å². The van der Waals surface area contributed by atoms with Crippen LogP contribution < -0.4 is 20.5 Å². The van der Waals surface area contributed by atoms with Crippen molar-refractivity contribution < 1.29 is 14.2 Å². The van der Waals surface area contributed by atoms with Crippen molar-refractivity contribution in [3.05, 3.63) is 23.8 Å². The van der Waals surface area contributed by atoms with Crippen LogP contribution in [0.2, 0.25) is 0 Å². The van der Waals surface area contributed by atoms with E-state index in [1.165, 1.54) is 25.9 Å². The van der Waals surface area contributed by atoms with Crippen molar-refractivity contribution in [2.45, 2.75) is 37.6 Å². The van der Waals surface area contributed by atoms with E-state index < -0.39 is 0 Å². The predicted octanol–water partition coefficient (Wildman–Crippen LogP) is 1.80. The van der Waals surface area contributed by atoms with E-state index in [-0.39, 0.29) is 5.54 Å². The van der Waals surface area contributed by atoms with Crippen LogP contribution in [-0.4, -0.2) is 70.0 Å². The van der Waals surface area contributed by atoms with Crippen LogP contribution in [0.15, 0.2) is 23.2 Å². The zero-order valence-corrected chi connectivity index (χ0v) is 17.2. The van der Waals surface area contributed by atoms with Gasteiger partial charge in [0.25, 0.3) is 0 Å². The van der Waals surface area contributed by atoms with Gasteiger partial charge >= 0.3 is 0 Å². The summed E-state index contributed by atoms with van der Waals surface area (Å²) in [6.07, 6.45) is 5.48. The molecule has 3 rings (SSSR count). The van der Waals surface area contributed by atoms with Crippen LogP contribution in [-0.2, 0) is 11.2 Å². The van der Waals surface area contributed by atoms with Gasteiger partial charge in [0.05, 0.1) is 20.8 Å². The summed E-state index contributed by atoms with van der Waals surface area (Å²) < 4.78 is 16.2. The molecule has 1 aromatic rings. The van der Waals surface area contributed by atoms with Crippen LogP contribution in [0.5, 0.6) is 11.5 Å². The van der Waals surface area contributed by atoms with E-state index in [1.807, 2.05) is 18.2 Å². The molecule has 0 unspecified atom stereocenters. The predicted molar refractivity (Wildman–Crippen MR) is 111 cm³/mol. The van der Waals surface area contributed by atoms with E-state index in [0.717, 1.165) is 62.6 Å². The summed E-state index contributed by atoms with van der Waals surface area (Å²) in [6, 6.07) is 5.97. The molecule has 0 saturated carbocycles. The Kier molecular flexibility index (Phi) is 7.39. The molecule has 0 bridgehead atoms. The summed E-state index contributed by atoms with van der Waals surface area (Å²) in [6.45, 7) is 5.44. The number of methoxy groups -OCH3 is 2. The fourth-order valence-electron chi connectivity index (χ4n) is 4.18. The molecule has 0 aromatic heterocycles. The summed E-state index contributed by atoms with van der Waals surface area (Å²) in [7, 11) is 3.29. The normalized spacial score (nSPS) is 20.1. The molecule has 2 aliphatic heterocycles. The van der Waals surface area contributed by atoms with Gasteiger partial charge in [0.15, 0.2) is 17.5 Å². The van der Waals surface area contributed by atoms with Gasteiger partial charge in [0.1, 0.15) is 0 Å². The maximum Gasteiger partial charge on any atom is 0.188 e. The van der Waals surface area contributed by atoms with Crippen LogP contribution in [0.1, 0.15) is 31.2 Å². The van der Waals surface area contributed by atoms with Crippen LogP contribution in [0.3, 0.4) is 0 Å². The van der Waals surface area contributed by atoms with Gasteiger partial charge in [0, 0.05) is 25.3 Å². The van der Waals surface area contributed by atoms with Gasteiger partial charge in [-0.15, -0.1) is 0 Å². The highest BCUT2D eigenvalue weighted by Crippen LogP contribution is 2.31. The number of aliphatic imine (C=N–C) groups is 1. The second-order valence-corrected chi connectivity index (χ2v) is 7.60. The van der Waals surface area contributed by atoms with Crippen molar-refractivity contribution in [1.29, 1.82) is 0 Å². The largest absolute Gasteiger partial charge is 0.493 e. The standard InChI is InChI=1S/C21H34N4O3/c1-26-18-6-5-17(15-19(18)27-2)7-10-23-20(22)24-16-21(8-13-28-14-9-21)25-11-3-4-12-25/h5-6,15H,3-4,7-14,16H2,1-2H3,(H3,22,23,24). The number of nitrogens with one attached hydrogen (secondary N) is 1. The Morgan fingerprint density at radius 2 is 1.89 bits per heavy atom. The van der Waals surface area contributed by atoms with Crippen LogP contribution in [0, 0.1) is 0 Å². The number of rotatable bonds is 8. The van der Waals surface area contributed by atoms with Gasteiger partial charge in [-0.3, -0.25) is 9.89 Å². The first-order valence-corrected chi connectivity index (χ1v) is 10.2. The molecule has 0 radical (unpaired) electrons. The highest BCUT2D eigenvalue weighted by Gasteiger charge is 2.39. The highest BCUT2D eigenvalue weighted by molar-refractivity contribution is 5.77. The Balaban J connectivity index is 1.52. The summed E-state index contributed by atoms with van der Waals surface area (Å²) in [5.41, 5.74) is 7.44. The van der Waals surface area contributed by atoms with E-state index in [1.54, 1.807) is 14.2 Å². The molecular formula is C21H34N4O3. The molecule has 2 saturated heterocycles. The Hall–Kier alpha value is -1.99. The number of nitrogens with two attached hydrogens (primary N) is 1. The molecule has 2 fully saturated rings. The Labute approximate surface area is 168 Å². The van der Waals surface area contributed by atoms with Crippen LogP contribution >= 0.6 is 0 Å². The second-order valence-electron chi connectivity index (χ2n) is 7.60. The molecule has 2 aliphatic rings. The van der Waals surface area contributed by atoms with Crippen molar-refractivity contribution in [2.24, 2.45) is 10.7 Å². The lowest BCUT2D eigenvalue weighted by atomic mass is 9.88. The molecule has 2 heterocycles. The molecule has 0 amide bonds. The quantitative estimate of drug-likeness (QED) is 0.520. The molecule has 0 atom stereocenters. The number of benzene rings is 1. The summed E-state index contributed by atoms with van der Waals surface area (Å²) in [4.78, 5) is 7.31. The average Bonchev–Trinajstić information content (AvgIpc) is 3.28. The van der Waals surface area contributed by atoms with Gasteiger partial charge in [-0.2, -0.15) is 0 Å². The number of likely N-dealkylation sites (tertiary alicyclic amines) is 1. The number of hydrogen-bond acceptors (Lipinski definition) is 5. The maximum atomic E-state index is 6.16. The third kappa shape index (κ3) is 5.08. The summed E-state index contributed by atoms with van der Waals surface area (Å²) >= 11 is 0. The molecule has 7 nitrogen and oxygen atoms in total. The van der Waals surface area contributed by atoms with Crippen molar-refractivity contribution >= 4 is 5.96 Å². The molecule has 28 heavy (non-hydrogen) atoms. The van der Waals surface area contributed by atoms with Gasteiger partial charge in [-0.1, -0.05) is 6.07 Å². The van der Waals surface area contributed by atoms with E-state index in [4.69, 9.17) is 24.9 Å². The van der Waals surface area contributed by atoms with Gasteiger partial charge < -0.3 is 25.3 Å². The molecule has 1 aromatic carbocycles. The van der Waals surface area contributed by atoms with Crippen molar-refractivity contribution in [3.63, 3.8) is 0 Å². The molecule has 0 spiro atoms. The molecule has 7 heteroatoms. The monoisotopic (exact) mass is 390 g/mol. The first-order valence-electron chi connectivity index (χ1n) is 10.2. The van der Waals surface area contributed by atoms with Gasteiger partial charge in [0.2, 0.25) is 0 Å². The Morgan fingerprint density at radius 3 is 2.57 bits per heavy atom. The maximum absolute atomic E-state index is 6.16. The Morgan fingerprint density at radius 1 is 1.18 bits per heavy atom. The van der Waals surface area contributed by atoms with E-state index >= 15 is 0 Å². The molecular weight excluding hydrogens is 356 g/mol. The number of nitrogens with zero attached hydrogens (tertiary/aromatic N) is 2. The Bertz CT molecular complexity index is 653. The molecule has 156 valence electrons. The fraction of sp³-hybridized carbons (Fsp3) is 0.667. The minimum atomic E-state index is 0.115. The summed E-state index contributed by atoms with van der Waals surface area (Å²) in [5.74, 6) is 2.00. The van der Waals surface area contributed by atoms with Gasteiger partial charge in [-0.05, 0) is 62.9 Å². The van der Waals surface area contributed by atoms with Crippen molar-refractivity contribution in [2.75, 3.05) is 53.6 Å². The molecule has 0 aliphatic carbocycles. The van der Waals surface area contributed by atoms with E-state index in [0.29, 0.717) is 5.96 Å². The minimum absolute atomic E-state index is 0.115. The fourth-order valence-corrected chi connectivity index (χ4v) is 4.18. The average molecular weight is 391 g/mol. The second kappa shape index (κ2) is 9.98. The first-order chi connectivity index (χ1) is 13.7. The topological polar surface area (TPSA) is 81.3 Å². The lowest BCUT2D eigenvalue weighted by Gasteiger charge is -2.43. The van der Waals surface area contributed by atoms with Gasteiger partial charge in [-0.25, -0.2) is 0 Å². The lowest BCUT2D eigenvalue weighted by Crippen LogP contribution is -2.53.